The summed E-state index contributed by atoms with van der Waals surface area (Å²) in [5, 5.41) is 2.80. The van der Waals surface area contributed by atoms with Gasteiger partial charge in [-0.3, -0.25) is 0 Å². The van der Waals surface area contributed by atoms with Crippen LogP contribution in [0.15, 0.2) is 321 Å². The molecule has 0 heterocycles. The Bertz CT molecular complexity index is 3780. The molecule has 0 amide bonds. The van der Waals surface area contributed by atoms with E-state index < -0.39 is 46.7 Å². The zero-order chi connectivity index (χ0) is 50.7. The molecule has 0 spiro atoms. The summed E-state index contributed by atoms with van der Waals surface area (Å²) < 4.78 is 54.7. The van der Waals surface area contributed by atoms with E-state index in [1.165, 1.54) is 30.4 Å². The molecule has 11 rings (SSSR count). The van der Waals surface area contributed by atoms with Crippen molar-refractivity contribution in [2.75, 3.05) is 0 Å². The molecule has 1 fully saturated rings. The predicted octanol–water partition coefficient (Wildman–Crippen LogP) is 15.8. The average molecular weight is 1060 g/mol. The van der Waals surface area contributed by atoms with Crippen LogP contribution in [0.2, 0.25) is 0 Å². The molecule has 74 heavy (non-hydrogen) atoms. The predicted molar refractivity (Wildman–Crippen MR) is 306 cm³/mol. The van der Waals surface area contributed by atoms with Gasteiger partial charge in [0.05, 0.1) is 47.7 Å². The highest BCUT2D eigenvalue weighted by atomic mass is 32.2. The van der Waals surface area contributed by atoms with Crippen LogP contribution in [0.1, 0.15) is 30.7 Å². The summed E-state index contributed by atoms with van der Waals surface area (Å²) in [6.07, 6.45) is 1.82. The van der Waals surface area contributed by atoms with E-state index in [4.69, 9.17) is 0 Å². The summed E-state index contributed by atoms with van der Waals surface area (Å²) in [5.41, 5.74) is 3.40. The molecule has 9 heteroatoms. The third-order valence-electron chi connectivity index (χ3n) is 13.8. The first-order valence-corrected chi connectivity index (χ1v) is 31.4. The molecule has 0 aliphatic heterocycles. The maximum Gasteiger partial charge on any atom is 0.199 e. The Morgan fingerprint density at radius 2 is 0.824 bits per heavy atom. The van der Waals surface area contributed by atoms with E-state index in [0.717, 1.165) is 53.0 Å². The topological polar surface area (TPSA) is 68.3 Å². The highest BCUT2D eigenvalue weighted by Crippen LogP contribution is 2.46. The van der Waals surface area contributed by atoms with Crippen molar-refractivity contribution in [2.45, 2.75) is 84.3 Å². The Morgan fingerprint density at radius 1 is 0.392 bits per heavy atom. The van der Waals surface area contributed by atoms with Crippen LogP contribution in [0.25, 0.3) is 21.9 Å². The summed E-state index contributed by atoms with van der Waals surface area (Å²) >= 11 is 0. The van der Waals surface area contributed by atoms with Gasteiger partial charge in [0, 0.05) is 22.6 Å². The van der Waals surface area contributed by atoms with Crippen LogP contribution in [0.4, 0.5) is 0 Å². The van der Waals surface area contributed by atoms with Crippen molar-refractivity contribution in [1.82, 2.24) is 0 Å². The first kappa shape index (κ1) is 49.4. The van der Waals surface area contributed by atoms with Crippen LogP contribution in [-0.2, 0) is 52.4 Å². The summed E-state index contributed by atoms with van der Waals surface area (Å²) in [6.45, 7) is 3.50. The maximum absolute atomic E-state index is 14.7. The minimum Gasteiger partial charge on any atom is -0.223 e. The number of fused-ring (bicyclic) bond motifs is 1. The van der Waals surface area contributed by atoms with Crippen LogP contribution in [0, 0.1) is 0 Å². The Morgan fingerprint density at radius 3 is 1.39 bits per heavy atom. The van der Waals surface area contributed by atoms with Gasteiger partial charge in [-0.1, -0.05) is 122 Å². The standard InChI is InChI=1S/C65H53O4S5/c1-2-73(66,67)59-41-36-56(37-42-59)71(54-23-11-5-12-24-54)65-30-18-16-28-63(65)51-34-40-61(47-51)74(68,69)60-43-38-57(39-44-60)72(55-25-13-6-14-26-55)64-29-17-15-27-62(64)50-32-31-49-46-58(35-33-48(49)45-50)70(52-19-7-3-8-20-52)53-21-9-4-10-22-53/h2-33,35-39,41-46,51,61H,1,34,40,47H2/q+3. The number of benzene rings is 10. The zero-order valence-electron chi connectivity index (χ0n) is 40.5. The molecule has 4 nitrogen and oxygen atoms in total. The van der Waals surface area contributed by atoms with Gasteiger partial charge < -0.3 is 0 Å². The molecule has 0 radical (unpaired) electrons. The van der Waals surface area contributed by atoms with Crippen LogP contribution in [0.5, 0.6) is 0 Å². The summed E-state index contributed by atoms with van der Waals surface area (Å²) in [4.78, 5) is 11.0. The Balaban J connectivity index is 0.879. The minimum atomic E-state index is -3.68. The van der Waals surface area contributed by atoms with Gasteiger partial charge in [-0.05, 0) is 175 Å². The van der Waals surface area contributed by atoms with E-state index in [0.29, 0.717) is 17.7 Å². The highest BCUT2D eigenvalue weighted by Gasteiger charge is 2.41. The SMILES string of the molecule is C=CS(=O)(=O)c1ccc([S+](c2ccccc2)c2ccccc2C2CCC(S(=O)(=O)c3ccc([S+](c4ccccc4)c4ccccc4-c4ccc5cc([S+](c6ccccc6)c6ccccc6)ccc5c4)cc3)C2)cc1. The van der Waals surface area contributed by atoms with E-state index in [-0.39, 0.29) is 21.7 Å². The highest BCUT2D eigenvalue weighted by molar-refractivity contribution is 7.98. The lowest BCUT2D eigenvalue weighted by molar-refractivity contribution is 0.578. The average Bonchev–Trinajstić information content (AvgIpc) is 3.97. The molecule has 0 saturated heterocycles. The van der Waals surface area contributed by atoms with Gasteiger partial charge in [0.25, 0.3) is 0 Å². The summed E-state index contributed by atoms with van der Waals surface area (Å²) in [6, 6.07) is 87.7. The molecule has 10 aromatic carbocycles. The Kier molecular flexibility index (Phi) is 14.4. The third-order valence-corrected chi connectivity index (χ3v) is 24.2. The number of hydrogen-bond acceptors (Lipinski definition) is 4. The lowest BCUT2D eigenvalue weighted by Crippen LogP contribution is -2.19. The molecule has 1 saturated carbocycles. The zero-order valence-corrected chi connectivity index (χ0v) is 44.6. The molecule has 0 N–H and O–H groups in total. The Labute approximate surface area is 444 Å². The minimum absolute atomic E-state index is 0.0304. The summed E-state index contributed by atoms with van der Waals surface area (Å²) in [5.74, 6) is 0.0304. The molecule has 4 unspecified atom stereocenters. The molecule has 0 aromatic heterocycles. The first-order valence-electron chi connectivity index (χ1n) is 24.6. The van der Waals surface area contributed by atoms with Gasteiger partial charge in [-0.15, -0.1) is 0 Å². The molecular weight excluding hydrogens is 1010 g/mol. The molecule has 4 atom stereocenters. The van der Waals surface area contributed by atoms with Crippen molar-refractivity contribution in [1.29, 1.82) is 0 Å². The maximum atomic E-state index is 14.7. The van der Waals surface area contributed by atoms with Gasteiger partial charge >= 0.3 is 0 Å². The molecule has 364 valence electrons. The fourth-order valence-electron chi connectivity index (χ4n) is 10.1. The smallest absolute Gasteiger partial charge is 0.199 e. The van der Waals surface area contributed by atoms with Crippen molar-refractivity contribution in [2.24, 2.45) is 0 Å². The van der Waals surface area contributed by atoms with Crippen LogP contribution >= 0.6 is 0 Å². The Hall–Kier alpha value is -6.85. The van der Waals surface area contributed by atoms with Crippen LogP contribution < -0.4 is 0 Å². The second-order valence-electron chi connectivity index (χ2n) is 18.3. The van der Waals surface area contributed by atoms with Crippen molar-refractivity contribution < 1.29 is 16.8 Å². The lowest BCUT2D eigenvalue weighted by Gasteiger charge is -2.17. The van der Waals surface area contributed by atoms with Crippen molar-refractivity contribution in [3.63, 3.8) is 0 Å². The van der Waals surface area contributed by atoms with Gasteiger partial charge in [0.2, 0.25) is 0 Å². The first-order chi connectivity index (χ1) is 36.2. The van der Waals surface area contributed by atoms with E-state index in [1.54, 1.807) is 12.1 Å². The number of sulfone groups is 2. The number of hydrogen-bond donors (Lipinski definition) is 0. The van der Waals surface area contributed by atoms with Gasteiger partial charge in [0.1, 0.15) is 0 Å². The fourth-order valence-corrected chi connectivity index (χ4v) is 19.3. The van der Waals surface area contributed by atoms with E-state index in [9.17, 15) is 16.8 Å². The molecular formula is C65H53O4S5+3. The van der Waals surface area contributed by atoms with Crippen molar-refractivity contribution >= 4 is 63.1 Å². The van der Waals surface area contributed by atoms with Crippen molar-refractivity contribution in [3.8, 4) is 11.1 Å². The molecule has 10 aromatic rings. The molecule has 1 aliphatic rings. The van der Waals surface area contributed by atoms with Gasteiger partial charge in [0.15, 0.2) is 63.7 Å². The van der Waals surface area contributed by atoms with E-state index >= 15 is 0 Å². The van der Waals surface area contributed by atoms with Crippen LogP contribution in [-0.4, -0.2) is 22.1 Å². The molecule has 0 bridgehead atoms. The largest absolute Gasteiger partial charge is 0.223 e. The van der Waals surface area contributed by atoms with Gasteiger partial charge in [-0.2, -0.15) is 0 Å². The number of rotatable bonds is 15. The molecule has 1 aliphatic carbocycles. The van der Waals surface area contributed by atoms with E-state index in [1.807, 2.05) is 72.8 Å². The fraction of sp³-hybridized carbons (Fsp3) is 0.0769. The monoisotopic (exact) mass is 1060 g/mol. The normalized spacial score (nSPS) is 15.7. The van der Waals surface area contributed by atoms with Crippen LogP contribution in [0.3, 0.4) is 0 Å². The lowest BCUT2D eigenvalue weighted by atomic mass is 9.98. The van der Waals surface area contributed by atoms with E-state index in [2.05, 4.69) is 176 Å². The van der Waals surface area contributed by atoms with Gasteiger partial charge in [-0.25, -0.2) is 16.8 Å². The summed E-state index contributed by atoms with van der Waals surface area (Å²) in [7, 11) is -8.65. The second-order valence-corrected chi connectivity index (χ2v) is 28.4. The third kappa shape index (κ3) is 10.1. The second kappa shape index (κ2) is 21.5. The van der Waals surface area contributed by atoms with Crippen molar-refractivity contribution in [3.05, 3.63) is 272 Å². The quantitative estimate of drug-likeness (QED) is 0.0960.